The molecule has 3 heterocycles. The van der Waals surface area contributed by atoms with Gasteiger partial charge in [0.05, 0.1) is 5.75 Å². The molecular formula is C15H26ClN5O3S. The number of rotatable bonds is 5. The van der Waals surface area contributed by atoms with Crippen molar-refractivity contribution in [2.75, 3.05) is 32.4 Å². The first-order valence-corrected chi connectivity index (χ1v) is 10.1. The lowest BCUT2D eigenvalue weighted by Gasteiger charge is -2.40. The first-order valence-electron chi connectivity index (χ1n) is 8.42. The standard InChI is InChI=1S/C15H25N5O3S.ClH/c1-16-24(22,23)12-13-4-2-10-19(13)14(21)15(5-8-17-9-6-15)20-11-3-7-18-20;/h3,7,11,13,16-17H,2,4-6,8-10,12H2,1H3;1H. The summed E-state index contributed by atoms with van der Waals surface area (Å²) in [5.41, 5.74) is -0.708. The van der Waals surface area contributed by atoms with Crippen LogP contribution in [-0.2, 0) is 20.4 Å². The van der Waals surface area contributed by atoms with Gasteiger partial charge in [-0.25, -0.2) is 13.1 Å². The Balaban J connectivity index is 0.00000225. The van der Waals surface area contributed by atoms with E-state index in [1.807, 2.05) is 12.3 Å². The first kappa shape index (κ1) is 20.2. The molecule has 0 aromatic carbocycles. The summed E-state index contributed by atoms with van der Waals surface area (Å²) in [4.78, 5) is 15.2. The van der Waals surface area contributed by atoms with Gasteiger partial charge in [0.25, 0.3) is 5.91 Å². The second-order valence-electron chi connectivity index (χ2n) is 6.51. The maximum atomic E-state index is 13.4. The van der Waals surface area contributed by atoms with Gasteiger partial charge in [-0.05, 0) is 51.9 Å². The molecule has 1 atom stereocenters. The SMILES string of the molecule is CNS(=O)(=O)CC1CCCN1C(=O)C1(n2cccn2)CCNCC1.Cl. The highest BCUT2D eigenvalue weighted by Crippen LogP contribution is 2.32. The van der Waals surface area contributed by atoms with E-state index in [2.05, 4.69) is 15.1 Å². The number of sulfonamides is 1. The van der Waals surface area contributed by atoms with Gasteiger partial charge in [-0.3, -0.25) is 9.48 Å². The van der Waals surface area contributed by atoms with Gasteiger partial charge in [0.15, 0.2) is 0 Å². The summed E-state index contributed by atoms with van der Waals surface area (Å²) >= 11 is 0. The number of nitrogens with zero attached hydrogens (tertiary/aromatic N) is 3. The van der Waals surface area contributed by atoms with Gasteiger partial charge in [0.2, 0.25) is 10.0 Å². The minimum Gasteiger partial charge on any atom is -0.337 e. The second kappa shape index (κ2) is 8.03. The van der Waals surface area contributed by atoms with E-state index in [0.29, 0.717) is 19.4 Å². The van der Waals surface area contributed by atoms with Crippen molar-refractivity contribution in [3.63, 3.8) is 0 Å². The molecule has 0 bridgehead atoms. The number of amides is 1. The van der Waals surface area contributed by atoms with E-state index in [-0.39, 0.29) is 30.1 Å². The summed E-state index contributed by atoms with van der Waals surface area (Å²) in [5.74, 6) is -0.0376. The van der Waals surface area contributed by atoms with E-state index in [1.165, 1.54) is 7.05 Å². The molecule has 1 unspecified atom stereocenters. The van der Waals surface area contributed by atoms with Gasteiger partial charge in [-0.1, -0.05) is 0 Å². The van der Waals surface area contributed by atoms with Crippen LogP contribution in [0.5, 0.6) is 0 Å². The molecular weight excluding hydrogens is 366 g/mol. The van der Waals surface area contributed by atoms with Crippen LogP contribution >= 0.6 is 12.4 Å². The zero-order valence-electron chi connectivity index (χ0n) is 14.3. The van der Waals surface area contributed by atoms with Crippen LogP contribution in [0.4, 0.5) is 0 Å². The molecule has 25 heavy (non-hydrogen) atoms. The molecule has 1 aromatic heterocycles. The van der Waals surface area contributed by atoms with Crippen LogP contribution in [0.2, 0.25) is 0 Å². The number of nitrogens with one attached hydrogen (secondary N) is 2. The molecule has 2 aliphatic rings. The zero-order valence-corrected chi connectivity index (χ0v) is 16.0. The summed E-state index contributed by atoms with van der Waals surface area (Å²) < 4.78 is 28.0. The van der Waals surface area contributed by atoms with Crippen molar-refractivity contribution in [3.8, 4) is 0 Å². The predicted octanol–water partition coefficient (Wildman–Crippen LogP) is -0.0762. The van der Waals surface area contributed by atoms with Crippen LogP contribution in [-0.4, -0.2) is 67.5 Å². The third kappa shape index (κ3) is 3.99. The lowest BCUT2D eigenvalue weighted by molar-refractivity contribution is -0.143. The monoisotopic (exact) mass is 391 g/mol. The van der Waals surface area contributed by atoms with E-state index in [1.54, 1.807) is 15.8 Å². The molecule has 0 radical (unpaired) electrons. The molecule has 2 N–H and O–H groups in total. The fourth-order valence-corrected chi connectivity index (χ4v) is 4.80. The smallest absolute Gasteiger partial charge is 0.250 e. The third-order valence-corrected chi connectivity index (χ3v) is 6.58. The summed E-state index contributed by atoms with van der Waals surface area (Å²) in [7, 11) is -1.94. The van der Waals surface area contributed by atoms with Crippen molar-refractivity contribution in [1.29, 1.82) is 0 Å². The van der Waals surface area contributed by atoms with Crippen molar-refractivity contribution >= 4 is 28.3 Å². The van der Waals surface area contributed by atoms with E-state index >= 15 is 0 Å². The third-order valence-electron chi connectivity index (χ3n) is 5.13. The maximum absolute atomic E-state index is 13.4. The van der Waals surface area contributed by atoms with Crippen molar-refractivity contribution in [2.24, 2.45) is 0 Å². The molecule has 0 aliphatic carbocycles. The van der Waals surface area contributed by atoms with Crippen LogP contribution in [0.1, 0.15) is 25.7 Å². The second-order valence-corrected chi connectivity index (χ2v) is 8.48. The number of hydrogen-bond donors (Lipinski definition) is 2. The van der Waals surface area contributed by atoms with Crippen molar-refractivity contribution < 1.29 is 13.2 Å². The molecule has 0 saturated carbocycles. The highest BCUT2D eigenvalue weighted by molar-refractivity contribution is 7.89. The molecule has 1 aromatic rings. The first-order chi connectivity index (χ1) is 11.5. The molecule has 8 nitrogen and oxygen atoms in total. The minimum atomic E-state index is -3.35. The minimum absolute atomic E-state index is 0. The molecule has 1 amide bonds. The van der Waals surface area contributed by atoms with Crippen molar-refractivity contribution in [1.82, 2.24) is 24.7 Å². The Kier molecular flexibility index (Phi) is 6.47. The number of carbonyl (C=O) groups excluding carboxylic acids is 1. The molecule has 10 heteroatoms. The Morgan fingerprint density at radius 3 is 2.72 bits per heavy atom. The molecule has 2 aliphatic heterocycles. The average Bonchev–Trinajstić information content (AvgIpc) is 3.26. The molecule has 0 spiro atoms. The number of piperidine rings is 1. The van der Waals surface area contributed by atoms with Gasteiger partial charge in [0.1, 0.15) is 5.54 Å². The van der Waals surface area contributed by atoms with Crippen LogP contribution in [0, 0.1) is 0 Å². The lowest BCUT2D eigenvalue weighted by atomic mass is 9.86. The van der Waals surface area contributed by atoms with Gasteiger partial charge in [-0.15, -0.1) is 12.4 Å². The fourth-order valence-electron chi connectivity index (χ4n) is 3.78. The number of hydrogen-bond acceptors (Lipinski definition) is 5. The Labute approximate surface area is 154 Å². The zero-order chi connectivity index (χ0) is 17.2. The normalized spacial score (nSPS) is 23.2. The quantitative estimate of drug-likeness (QED) is 0.732. The van der Waals surface area contributed by atoms with E-state index in [0.717, 1.165) is 25.9 Å². The van der Waals surface area contributed by atoms with Crippen LogP contribution in [0.3, 0.4) is 0 Å². The summed E-state index contributed by atoms with van der Waals surface area (Å²) in [5, 5.41) is 7.62. The summed E-state index contributed by atoms with van der Waals surface area (Å²) in [6, 6.07) is 1.56. The average molecular weight is 392 g/mol. The maximum Gasteiger partial charge on any atom is 0.250 e. The fraction of sp³-hybridized carbons (Fsp3) is 0.733. The van der Waals surface area contributed by atoms with Gasteiger partial charge in [-0.2, -0.15) is 5.10 Å². The lowest BCUT2D eigenvalue weighted by Crippen LogP contribution is -2.57. The summed E-state index contributed by atoms with van der Waals surface area (Å²) in [6.07, 6.45) is 6.40. The van der Waals surface area contributed by atoms with Gasteiger partial charge >= 0.3 is 0 Å². The summed E-state index contributed by atoms with van der Waals surface area (Å²) in [6.45, 7) is 2.11. The molecule has 142 valence electrons. The van der Waals surface area contributed by atoms with Gasteiger partial charge < -0.3 is 10.2 Å². The molecule has 2 saturated heterocycles. The Hall–Kier alpha value is -1.16. The Morgan fingerprint density at radius 1 is 1.40 bits per heavy atom. The number of halogens is 1. The van der Waals surface area contributed by atoms with E-state index < -0.39 is 15.6 Å². The van der Waals surface area contributed by atoms with Crippen molar-refractivity contribution in [3.05, 3.63) is 18.5 Å². The van der Waals surface area contributed by atoms with Crippen LogP contribution < -0.4 is 10.0 Å². The molecule has 3 rings (SSSR count). The largest absolute Gasteiger partial charge is 0.337 e. The van der Waals surface area contributed by atoms with E-state index in [9.17, 15) is 13.2 Å². The number of likely N-dealkylation sites (tertiary alicyclic amines) is 1. The predicted molar refractivity (Wildman–Crippen MR) is 97.1 cm³/mol. The highest BCUT2D eigenvalue weighted by Gasteiger charge is 2.47. The number of carbonyl (C=O) groups is 1. The van der Waals surface area contributed by atoms with Crippen LogP contribution in [0.15, 0.2) is 18.5 Å². The highest BCUT2D eigenvalue weighted by atomic mass is 35.5. The topological polar surface area (TPSA) is 96.3 Å². The van der Waals surface area contributed by atoms with Crippen LogP contribution in [0.25, 0.3) is 0 Å². The van der Waals surface area contributed by atoms with Crippen molar-refractivity contribution in [2.45, 2.75) is 37.3 Å². The Bertz CT molecular complexity index is 673. The molecule has 2 fully saturated rings. The number of aromatic nitrogens is 2. The Morgan fingerprint density at radius 2 is 2.12 bits per heavy atom. The van der Waals surface area contributed by atoms with E-state index in [4.69, 9.17) is 0 Å². The van der Waals surface area contributed by atoms with Gasteiger partial charge in [0, 0.05) is 25.0 Å².